The van der Waals surface area contributed by atoms with Crippen LogP contribution in [-0.4, -0.2) is 84.9 Å². The minimum atomic E-state index is -0.743. The predicted molar refractivity (Wildman–Crippen MR) is 81.5 cm³/mol. The van der Waals surface area contributed by atoms with Crippen molar-refractivity contribution in [2.45, 2.75) is 44.8 Å². The van der Waals surface area contributed by atoms with Gasteiger partial charge >= 0.3 is 5.97 Å². The highest BCUT2D eigenvalue weighted by Crippen LogP contribution is 2.17. The molecule has 2 unspecified atom stereocenters. The van der Waals surface area contributed by atoms with Gasteiger partial charge in [-0.2, -0.15) is 0 Å². The molecule has 2 fully saturated rings. The second kappa shape index (κ2) is 8.08. The zero-order valence-electron chi connectivity index (χ0n) is 13.3. The van der Waals surface area contributed by atoms with Gasteiger partial charge in [0.25, 0.3) is 0 Å². The Morgan fingerprint density at radius 2 is 2.05 bits per heavy atom. The zero-order valence-corrected chi connectivity index (χ0v) is 13.3. The molecule has 0 aromatic rings. The Morgan fingerprint density at radius 1 is 1.33 bits per heavy atom. The number of carboxylic acid groups (broad SMARTS) is 1. The Bertz CT molecular complexity index is 332. The molecule has 6 heteroatoms. The Kier molecular flexibility index (Phi) is 6.41. The second-order valence-corrected chi connectivity index (χ2v) is 6.39. The SMILES string of the molecule is CC(C)NC(CCN1CCC(N2CCOCC2)C1)C(=O)O. The Hall–Kier alpha value is -0.690. The van der Waals surface area contributed by atoms with Gasteiger partial charge in [0.15, 0.2) is 0 Å². The second-order valence-electron chi connectivity index (χ2n) is 6.39. The van der Waals surface area contributed by atoms with Gasteiger partial charge in [0.1, 0.15) is 6.04 Å². The van der Waals surface area contributed by atoms with Crippen LogP contribution < -0.4 is 5.32 Å². The molecular formula is C15H29N3O3. The maximum atomic E-state index is 11.2. The standard InChI is InChI=1S/C15H29N3O3/c1-12(2)16-14(15(19)20)4-6-17-5-3-13(11-17)18-7-9-21-10-8-18/h12-14,16H,3-11H2,1-2H3,(H,19,20). The summed E-state index contributed by atoms with van der Waals surface area (Å²) in [5, 5.41) is 12.4. The molecule has 0 amide bonds. The molecule has 0 spiro atoms. The average Bonchev–Trinajstić information content (AvgIpc) is 2.92. The summed E-state index contributed by atoms with van der Waals surface area (Å²) in [4.78, 5) is 16.2. The molecule has 0 aliphatic carbocycles. The number of morpholine rings is 1. The molecule has 2 N–H and O–H groups in total. The minimum Gasteiger partial charge on any atom is -0.480 e. The number of likely N-dealkylation sites (tertiary alicyclic amines) is 1. The number of nitrogens with one attached hydrogen (secondary N) is 1. The van der Waals surface area contributed by atoms with Crippen LogP contribution in [0.15, 0.2) is 0 Å². The van der Waals surface area contributed by atoms with E-state index in [4.69, 9.17) is 4.74 Å². The number of carboxylic acids is 1. The number of hydrogen-bond donors (Lipinski definition) is 2. The lowest BCUT2D eigenvalue weighted by molar-refractivity contribution is -0.139. The molecule has 0 saturated carbocycles. The van der Waals surface area contributed by atoms with Crippen molar-refractivity contribution in [1.29, 1.82) is 0 Å². The van der Waals surface area contributed by atoms with Crippen LogP contribution in [0.2, 0.25) is 0 Å². The van der Waals surface area contributed by atoms with E-state index in [9.17, 15) is 9.90 Å². The van der Waals surface area contributed by atoms with Gasteiger partial charge in [-0.1, -0.05) is 13.8 Å². The molecule has 0 aromatic carbocycles. The summed E-state index contributed by atoms with van der Waals surface area (Å²) < 4.78 is 5.40. The van der Waals surface area contributed by atoms with Crippen molar-refractivity contribution in [1.82, 2.24) is 15.1 Å². The summed E-state index contributed by atoms with van der Waals surface area (Å²) >= 11 is 0. The van der Waals surface area contributed by atoms with Gasteiger partial charge in [0.05, 0.1) is 13.2 Å². The topological polar surface area (TPSA) is 65.0 Å². The Balaban J connectivity index is 1.72. The predicted octanol–water partition coefficient (Wildman–Crippen LogP) is 0.234. The van der Waals surface area contributed by atoms with E-state index in [0.717, 1.165) is 45.9 Å². The third-order valence-corrected chi connectivity index (χ3v) is 4.38. The van der Waals surface area contributed by atoms with Crippen LogP contribution in [0.25, 0.3) is 0 Å². The van der Waals surface area contributed by atoms with Gasteiger partial charge in [-0.15, -0.1) is 0 Å². The van der Waals surface area contributed by atoms with Crippen LogP contribution in [0.5, 0.6) is 0 Å². The first kappa shape index (κ1) is 16.7. The van der Waals surface area contributed by atoms with E-state index in [1.807, 2.05) is 13.8 Å². The molecule has 2 saturated heterocycles. The van der Waals surface area contributed by atoms with Gasteiger partial charge in [-0.25, -0.2) is 0 Å². The van der Waals surface area contributed by atoms with Crippen LogP contribution in [0, 0.1) is 0 Å². The molecule has 2 rings (SSSR count). The fourth-order valence-electron chi connectivity index (χ4n) is 3.25. The first-order valence-corrected chi connectivity index (χ1v) is 8.09. The van der Waals surface area contributed by atoms with Crippen LogP contribution in [-0.2, 0) is 9.53 Å². The smallest absolute Gasteiger partial charge is 0.320 e. The summed E-state index contributed by atoms with van der Waals surface area (Å²) in [5.41, 5.74) is 0. The van der Waals surface area contributed by atoms with Crippen molar-refractivity contribution in [3.8, 4) is 0 Å². The fraction of sp³-hybridized carbons (Fsp3) is 0.933. The van der Waals surface area contributed by atoms with E-state index >= 15 is 0 Å². The lowest BCUT2D eigenvalue weighted by atomic mass is 10.1. The molecule has 21 heavy (non-hydrogen) atoms. The molecular weight excluding hydrogens is 270 g/mol. The monoisotopic (exact) mass is 299 g/mol. The molecule has 2 atom stereocenters. The van der Waals surface area contributed by atoms with Gasteiger partial charge in [0.2, 0.25) is 0 Å². The molecule has 122 valence electrons. The van der Waals surface area contributed by atoms with E-state index in [0.29, 0.717) is 12.5 Å². The van der Waals surface area contributed by atoms with Crippen LogP contribution >= 0.6 is 0 Å². The van der Waals surface area contributed by atoms with Crippen molar-refractivity contribution in [3.63, 3.8) is 0 Å². The van der Waals surface area contributed by atoms with Crippen molar-refractivity contribution in [2.24, 2.45) is 0 Å². The zero-order chi connectivity index (χ0) is 15.2. The number of nitrogens with zero attached hydrogens (tertiary/aromatic N) is 2. The number of ether oxygens (including phenoxy) is 1. The molecule has 2 aliphatic heterocycles. The third-order valence-electron chi connectivity index (χ3n) is 4.38. The lowest BCUT2D eigenvalue weighted by Crippen LogP contribution is -2.45. The van der Waals surface area contributed by atoms with Gasteiger partial charge < -0.3 is 20.1 Å². The molecule has 6 nitrogen and oxygen atoms in total. The van der Waals surface area contributed by atoms with Crippen molar-refractivity contribution >= 4 is 5.97 Å². The van der Waals surface area contributed by atoms with Crippen molar-refractivity contribution in [3.05, 3.63) is 0 Å². The first-order valence-electron chi connectivity index (χ1n) is 8.09. The maximum Gasteiger partial charge on any atom is 0.320 e. The van der Waals surface area contributed by atoms with Gasteiger partial charge in [-0.3, -0.25) is 9.69 Å². The molecule has 2 heterocycles. The number of carbonyl (C=O) groups is 1. The minimum absolute atomic E-state index is 0.200. The number of aliphatic carboxylic acids is 1. The van der Waals surface area contributed by atoms with Crippen LogP contribution in [0.1, 0.15) is 26.7 Å². The molecule has 0 bridgehead atoms. The van der Waals surface area contributed by atoms with Crippen LogP contribution in [0.3, 0.4) is 0 Å². The normalized spacial score (nSPS) is 26.3. The highest BCUT2D eigenvalue weighted by atomic mass is 16.5. The quantitative estimate of drug-likeness (QED) is 0.702. The number of hydrogen-bond acceptors (Lipinski definition) is 5. The fourth-order valence-corrected chi connectivity index (χ4v) is 3.25. The van der Waals surface area contributed by atoms with E-state index in [1.54, 1.807) is 0 Å². The lowest BCUT2D eigenvalue weighted by Gasteiger charge is -2.32. The van der Waals surface area contributed by atoms with Gasteiger partial charge in [-0.05, 0) is 19.4 Å². The number of rotatable bonds is 7. The summed E-state index contributed by atoms with van der Waals surface area (Å²) in [6.45, 7) is 10.7. The highest BCUT2D eigenvalue weighted by Gasteiger charge is 2.29. The van der Waals surface area contributed by atoms with E-state index in [2.05, 4.69) is 15.1 Å². The Labute approximate surface area is 127 Å². The highest BCUT2D eigenvalue weighted by molar-refractivity contribution is 5.73. The van der Waals surface area contributed by atoms with E-state index in [1.165, 1.54) is 6.42 Å². The average molecular weight is 299 g/mol. The molecule has 0 radical (unpaired) electrons. The van der Waals surface area contributed by atoms with E-state index < -0.39 is 12.0 Å². The summed E-state index contributed by atoms with van der Waals surface area (Å²) in [6, 6.07) is 0.383. The summed E-state index contributed by atoms with van der Waals surface area (Å²) in [5.74, 6) is -0.743. The van der Waals surface area contributed by atoms with Gasteiger partial charge in [0, 0.05) is 38.3 Å². The van der Waals surface area contributed by atoms with Crippen LogP contribution in [0.4, 0.5) is 0 Å². The summed E-state index contributed by atoms with van der Waals surface area (Å²) in [7, 11) is 0. The molecule has 0 aromatic heterocycles. The first-order chi connectivity index (χ1) is 10.1. The molecule has 2 aliphatic rings. The third kappa shape index (κ3) is 5.21. The van der Waals surface area contributed by atoms with Crippen molar-refractivity contribution in [2.75, 3.05) is 45.9 Å². The largest absolute Gasteiger partial charge is 0.480 e. The summed E-state index contributed by atoms with van der Waals surface area (Å²) in [6.07, 6.45) is 1.86. The Morgan fingerprint density at radius 3 is 2.67 bits per heavy atom. The van der Waals surface area contributed by atoms with E-state index in [-0.39, 0.29) is 6.04 Å². The van der Waals surface area contributed by atoms with Crippen molar-refractivity contribution < 1.29 is 14.6 Å². The maximum absolute atomic E-state index is 11.2.